The molecule has 0 saturated carbocycles. The summed E-state index contributed by atoms with van der Waals surface area (Å²) in [6, 6.07) is -0.702. The van der Waals surface area contributed by atoms with Gasteiger partial charge >= 0.3 is 11.7 Å². The fourth-order valence-corrected chi connectivity index (χ4v) is 3.61. The van der Waals surface area contributed by atoms with Crippen molar-refractivity contribution < 1.29 is 14.3 Å². The minimum Gasteiger partial charge on any atom is -0.444 e. The van der Waals surface area contributed by atoms with Crippen LogP contribution in [-0.4, -0.2) is 34.5 Å². The number of Topliss-reactive ketones (excluding diaryl/α,β-unsaturated/α-hetero) is 1. The molecule has 2 atom stereocenters. The Morgan fingerprint density at radius 2 is 1.61 bits per heavy atom. The van der Waals surface area contributed by atoms with E-state index in [0.717, 1.165) is 25.7 Å². The number of unbranched alkanes of at least 4 members (excludes halogenated alkanes) is 10. The van der Waals surface area contributed by atoms with Crippen LogP contribution in [0.25, 0.3) is 0 Å². The summed E-state index contributed by atoms with van der Waals surface area (Å²) >= 11 is 0. The van der Waals surface area contributed by atoms with Gasteiger partial charge in [-0.2, -0.15) is 0 Å². The van der Waals surface area contributed by atoms with Gasteiger partial charge in [0.05, 0.1) is 11.6 Å². The highest BCUT2D eigenvalue weighted by Gasteiger charge is 2.24. The number of aromatic nitrogens is 2. The maximum absolute atomic E-state index is 12.7. The van der Waals surface area contributed by atoms with Crippen molar-refractivity contribution in [2.75, 3.05) is 12.0 Å². The number of nitrogens with zero attached hydrogens (tertiary/aromatic N) is 1. The maximum Gasteiger partial charge on any atom is 0.346 e. The van der Waals surface area contributed by atoms with Crippen molar-refractivity contribution in [3.63, 3.8) is 0 Å². The fourth-order valence-electron chi connectivity index (χ4n) is 3.61. The molecular formula is C25H44N4O4. The van der Waals surface area contributed by atoms with Gasteiger partial charge in [0.2, 0.25) is 0 Å². The minimum absolute atomic E-state index is 0.0131. The number of carbonyl (C=O) groups is 2. The monoisotopic (exact) mass is 464 g/mol. The van der Waals surface area contributed by atoms with E-state index in [4.69, 9.17) is 10.5 Å². The van der Waals surface area contributed by atoms with Crippen LogP contribution in [0.4, 0.5) is 5.82 Å². The van der Waals surface area contributed by atoms with Crippen LogP contribution in [0.5, 0.6) is 0 Å². The number of esters is 1. The third kappa shape index (κ3) is 12.0. The average molecular weight is 465 g/mol. The van der Waals surface area contributed by atoms with Crippen LogP contribution in [-0.2, 0) is 9.53 Å². The molecule has 0 fully saturated rings. The van der Waals surface area contributed by atoms with Crippen molar-refractivity contribution in [2.45, 2.75) is 110 Å². The lowest BCUT2D eigenvalue weighted by Gasteiger charge is -2.18. The van der Waals surface area contributed by atoms with Gasteiger partial charge in [-0.3, -0.25) is 14.6 Å². The lowest BCUT2D eigenvalue weighted by Crippen LogP contribution is -2.37. The van der Waals surface area contributed by atoms with E-state index in [1.165, 1.54) is 57.6 Å². The minimum atomic E-state index is -0.702. The first-order chi connectivity index (χ1) is 15.9. The number of nitrogens with one attached hydrogen (secondary N) is 2. The average Bonchev–Trinajstić information content (AvgIpc) is 2.81. The van der Waals surface area contributed by atoms with Gasteiger partial charge < -0.3 is 15.8 Å². The summed E-state index contributed by atoms with van der Waals surface area (Å²) in [6.07, 6.45) is 15.7. The highest BCUT2D eigenvalue weighted by Crippen LogP contribution is 2.16. The molecule has 8 heteroatoms. The molecule has 33 heavy (non-hydrogen) atoms. The van der Waals surface area contributed by atoms with E-state index in [1.807, 2.05) is 13.8 Å². The molecule has 8 nitrogen and oxygen atoms in total. The second-order valence-corrected chi connectivity index (χ2v) is 8.88. The van der Waals surface area contributed by atoms with E-state index < -0.39 is 11.7 Å². The van der Waals surface area contributed by atoms with Crippen LogP contribution in [0.1, 0.15) is 115 Å². The molecule has 1 aromatic heterocycles. The fraction of sp³-hybridized carbons (Fsp3) is 0.760. The standard InChI is InChI=1S/C25H44N4O4/c1-4-6-7-8-9-10-11-12-13-14-15-16-21(30)33-18-28-24-20(17-27-25(32)29-24)23(31)22(26)19(3)5-2/h17,19,22H,4-16,18,26H2,1-3H3,(H2,27,28,29,32)/t19-,22-/m0/s1. The Bertz CT molecular complexity index is 750. The summed E-state index contributed by atoms with van der Waals surface area (Å²) in [5, 5.41) is 2.81. The summed E-state index contributed by atoms with van der Waals surface area (Å²) in [7, 11) is 0. The lowest BCUT2D eigenvalue weighted by molar-refractivity contribution is -0.143. The number of H-pyrrole nitrogens is 1. The van der Waals surface area contributed by atoms with Gasteiger partial charge in [0.15, 0.2) is 12.5 Å². The molecule has 1 rings (SSSR count). The first-order valence-corrected chi connectivity index (χ1v) is 12.7. The number of rotatable bonds is 19. The van der Waals surface area contributed by atoms with Crippen molar-refractivity contribution in [1.82, 2.24) is 9.97 Å². The van der Waals surface area contributed by atoms with Crippen LogP contribution < -0.4 is 16.7 Å². The quantitative estimate of drug-likeness (QED) is 0.114. The molecule has 0 saturated heterocycles. The number of aromatic amines is 1. The van der Waals surface area contributed by atoms with Gasteiger partial charge in [-0.25, -0.2) is 9.78 Å². The van der Waals surface area contributed by atoms with Crippen molar-refractivity contribution in [3.05, 3.63) is 22.2 Å². The zero-order valence-electron chi connectivity index (χ0n) is 20.8. The second-order valence-electron chi connectivity index (χ2n) is 8.88. The zero-order chi connectivity index (χ0) is 24.5. The molecule has 0 radical (unpaired) electrons. The van der Waals surface area contributed by atoms with Crippen LogP contribution in [0, 0.1) is 5.92 Å². The van der Waals surface area contributed by atoms with E-state index in [0.29, 0.717) is 6.42 Å². The topological polar surface area (TPSA) is 127 Å². The third-order valence-electron chi connectivity index (χ3n) is 6.10. The van der Waals surface area contributed by atoms with E-state index in [9.17, 15) is 14.4 Å². The van der Waals surface area contributed by atoms with E-state index in [1.54, 1.807) is 0 Å². The molecule has 0 aliphatic rings. The van der Waals surface area contributed by atoms with Gasteiger partial charge in [0, 0.05) is 12.6 Å². The van der Waals surface area contributed by atoms with Crippen LogP contribution in [0.2, 0.25) is 0 Å². The Morgan fingerprint density at radius 3 is 2.18 bits per heavy atom. The zero-order valence-corrected chi connectivity index (χ0v) is 20.8. The number of hydrogen-bond donors (Lipinski definition) is 3. The SMILES string of the molecule is CCCCCCCCCCCCCC(=O)OCNc1[nH]c(=O)ncc1C(=O)[C@@H](N)[C@@H](C)CC. The summed E-state index contributed by atoms with van der Waals surface area (Å²) in [5.74, 6) is -0.468. The normalized spacial score (nSPS) is 12.8. The predicted molar refractivity (Wildman–Crippen MR) is 132 cm³/mol. The van der Waals surface area contributed by atoms with Gasteiger partial charge in [-0.05, 0) is 12.3 Å². The molecule has 4 N–H and O–H groups in total. The summed E-state index contributed by atoms with van der Waals surface area (Å²) in [4.78, 5) is 42.4. The summed E-state index contributed by atoms with van der Waals surface area (Å²) in [6.45, 7) is 5.94. The maximum atomic E-state index is 12.7. The van der Waals surface area contributed by atoms with E-state index in [-0.39, 0.29) is 35.8 Å². The smallest absolute Gasteiger partial charge is 0.346 e. The number of hydrogen-bond acceptors (Lipinski definition) is 7. The van der Waals surface area contributed by atoms with Gasteiger partial charge in [-0.1, -0.05) is 91.4 Å². The van der Waals surface area contributed by atoms with Crippen molar-refractivity contribution in [2.24, 2.45) is 11.7 Å². The molecule has 0 bridgehead atoms. The highest BCUT2D eigenvalue weighted by molar-refractivity contribution is 6.03. The molecule has 0 unspecified atom stereocenters. The third-order valence-corrected chi connectivity index (χ3v) is 6.10. The Morgan fingerprint density at radius 1 is 1.03 bits per heavy atom. The first kappa shape index (κ1) is 28.8. The Labute approximate surface area is 198 Å². The first-order valence-electron chi connectivity index (χ1n) is 12.7. The van der Waals surface area contributed by atoms with Crippen molar-refractivity contribution in [3.8, 4) is 0 Å². The number of ketones is 1. The molecule has 0 aromatic carbocycles. The summed E-state index contributed by atoms with van der Waals surface area (Å²) < 4.78 is 5.21. The van der Waals surface area contributed by atoms with Crippen LogP contribution >= 0.6 is 0 Å². The van der Waals surface area contributed by atoms with Crippen LogP contribution in [0.3, 0.4) is 0 Å². The van der Waals surface area contributed by atoms with Gasteiger partial charge in [-0.15, -0.1) is 0 Å². The molecule has 1 heterocycles. The number of ether oxygens (including phenoxy) is 1. The molecule has 1 aromatic rings. The van der Waals surface area contributed by atoms with Crippen molar-refractivity contribution >= 4 is 17.6 Å². The second kappa shape index (κ2) is 17.3. The van der Waals surface area contributed by atoms with Crippen molar-refractivity contribution in [1.29, 1.82) is 0 Å². The van der Waals surface area contributed by atoms with E-state index >= 15 is 0 Å². The molecule has 0 aliphatic carbocycles. The van der Waals surface area contributed by atoms with Gasteiger partial charge in [0.25, 0.3) is 0 Å². The molecule has 0 amide bonds. The number of carbonyl (C=O) groups excluding carboxylic acids is 2. The Kier molecular flexibility index (Phi) is 15.1. The highest BCUT2D eigenvalue weighted by atomic mass is 16.5. The summed E-state index contributed by atoms with van der Waals surface area (Å²) in [5.41, 5.74) is 5.62. The molecular weight excluding hydrogens is 420 g/mol. The molecule has 0 aliphatic heterocycles. The van der Waals surface area contributed by atoms with Gasteiger partial charge in [0.1, 0.15) is 5.82 Å². The molecule has 0 spiro atoms. The lowest BCUT2D eigenvalue weighted by atomic mass is 9.93. The number of anilines is 1. The Balaban J connectivity index is 2.27. The van der Waals surface area contributed by atoms with E-state index in [2.05, 4.69) is 22.2 Å². The molecule has 188 valence electrons. The Hall–Kier alpha value is -2.22. The predicted octanol–water partition coefficient (Wildman–Crippen LogP) is 4.94. The van der Waals surface area contributed by atoms with Crippen LogP contribution in [0.15, 0.2) is 11.0 Å². The largest absolute Gasteiger partial charge is 0.444 e. The number of nitrogens with two attached hydrogens (primary N) is 1.